The molecule has 5 aromatic rings. The maximum Gasteiger partial charge on any atom is 0.315 e. The van der Waals surface area contributed by atoms with Gasteiger partial charge in [0.15, 0.2) is 5.78 Å². The summed E-state index contributed by atoms with van der Waals surface area (Å²) in [7, 11) is -7.89. The van der Waals surface area contributed by atoms with E-state index >= 15 is 0 Å². The number of rotatable bonds is 14. The summed E-state index contributed by atoms with van der Waals surface area (Å²) in [5.41, 5.74) is -0.885. The number of carbonyl (C=O) groups is 2. The molecular weight excluding hydrogens is 819 g/mol. The number of hydrogen-bond donors (Lipinski definition) is 1. The van der Waals surface area contributed by atoms with E-state index in [0.717, 1.165) is 53.2 Å². The molecule has 0 aliphatic rings. The fraction of sp³-hybridized carbons (Fsp3) is 0.200. The number of para-hydroxylation sites is 2. The number of amides is 1. The Balaban J connectivity index is 0.000000253. The third kappa shape index (κ3) is 11.6. The average Bonchev–Trinajstić information content (AvgIpc) is 3.64. The van der Waals surface area contributed by atoms with Gasteiger partial charge in [0, 0.05) is 22.3 Å². The summed E-state index contributed by atoms with van der Waals surface area (Å²) in [5, 5.41) is 8.28. The van der Waals surface area contributed by atoms with Gasteiger partial charge in [-0.15, -0.1) is 10.2 Å². The molecule has 57 heavy (non-hydrogen) atoms. The minimum atomic E-state index is -3.97. The second-order valence-electron chi connectivity index (χ2n) is 11.7. The molecule has 0 spiro atoms. The highest BCUT2D eigenvalue weighted by Crippen LogP contribution is 2.29. The van der Waals surface area contributed by atoms with E-state index in [1.54, 1.807) is 5.32 Å². The zero-order valence-electron chi connectivity index (χ0n) is 29.3. The first-order valence-electron chi connectivity index (χ1n) is 15.9. The Morgan fingerprint density at radius 1 is 0.684 bits per heavy atom. The van der Waals surface area contributed by atoms with E-state index in [4.69, 9.17) is 4.42 Å². The zero-order chi connectivity index (χ0) is 42.2. The first-order valence-corrected chi connectivity index (χ1v) is 19.6. The monoisotopic (exact) mass is 847 g/mol. The van der Waals surface area contributed by atoms with Crippen molar-refractivity contribution in [1.29, 1.82) is 0 Å². The highest BCUT2D eigenvalue weighted by molar-refractivity contribution is 7.92. The van der Waals surface area contributed by atoms with E-state index < -0.39 is 93.4 Å². The van der Waals surface area contributed by atoms with Crippen LogP contribution in [0, 0.1) is 23.3 Å². The lowest BCUT2D eigenvalue weighted by atomic mass is 10.1. The summed E-state index contributed by atoms with van der Waals surface area (Å²) in [6.07, 6.45) is -4.55. The summed E-state index contributed by atoms with van der Waals surface area (Å²) in [6, 6.07) is 16.8. The largest absolute Gasteiger partial charge is 0.415 e. The van der Waals surface area contributed by atoms with E-state index in [1.807, 2.05) is 0 Å². The Morgan fingerprint density at radius 3 is 1.60 bits per heavy atom. The van der Waals surface area contributed by atoms with Gasteiger partial charge in [-0.2, -0.15) is 17.6 Å². The average molecular weight is 848 g/mol. The van der Waals surface area contributed by atoms with Gasteiger partial charge in [0.25, 0.3) is 11.8 Å². The number of halogens is 8. The number of Topliss-reactive ketones (excluding diaryl/α,β-unsaturated/α-hetero) is 1. The highest BCUT2D eigenvalue weighted by Gasteiger charge is 2.25. The number of aromatic nitrogens is 2. The number of sulfonamides is 2. The minimum absolute atomic E-state index is 0.0393. The number of carbonyl (C=O) groups excluding carboxylic acids is 2. The topological polar surface area (TPSA) is 160 Å². The molecule has 0 saturated carbocycles. The SMILES string of the molecule is CS(=O)(=O)N(Cc1ccc(-c2nnc(C(F)F)o2)cc1F)c1ccccc1F.CS(=O)(=O)N(Cc1ccc(C(=O)CNC(=O)C(F)F)cc1F)c1ccccc1F. The molecule has 1 heterocycles. The van der Waals surface area contributed by atoms with Crippen LogP contribution in [-0.2, 0) is 37.9 Å². The van der Waals surface area contributed by atoms with Crippen LogP contribution in [-0.4, -0.2) is 64.2 Å². The van der Waals surface area contributed by atoms with Crippen LogP contribution in [0.1, 0.15) is 33.8 Å². The van der Waals surface area contributed by atoms with Crippen LogP contribution in [0.4, 0.5) is 46.5 Å². The van der Waals surface area contributed by atoms with Gasteiger partial charge in [0.1, 0.15) is 23.3 Å². The van der Waals surface area contributed by atoms with Crippen LogP contribution in [0.15, 0.2) is 89.3 Å². The van der Waals surface area contributed by atoms with Gasteiger partial charge in [-0.1, -0.05) is 42.5 Å². The molecule has 0 unspecified atom stereocenters. The van der Waals surface area contributed by atoms with Crippen molar-refractivity contribution >= 4 is 43.1 Å². The number of hydrogen-bond acceptors (Lipinski definition) is 9. The summed E-state index contributed by atoms with van der Waals surface area (Å²) in [6.45, 7) is -1.77. The predicted molar refractivity (Wildman–Crippen MR) is 189 cm³/mol. The van der Waals surface area contributed by atoms with Crippen molar-refractivity contribution in [2.75, 3.05) is 27.7 Å². The van der Waals surface area contributed by atoms with Crippen LogP contribution in [0.2, 0.25) is 0 Å². The van der Waals surface area contributed by atoms with E-state index in [-0.39, 0.29) is 39.5 Å². The smallest absolute Gasteiger partial charge is 0.315 e. The molecule has 1 N–H and O–H groups in total. The maximum absolute atomic E-state index is 14.5. The Morgan fingerprint density at radius 2 is 1.18 bits per heavy atom. The summed E-state index contributed by atoms with van der Waals surface area (Å²) < 4.78 is 161. The van der Waals surface area contributed by atoms with E-state index in [2.05, 4.69) is 10.2 Å². The second kappa shape index (κ2) is 18.4. The van der Waals surface area contributed by atoms with Crippen molar-refractivity contribution < 1.29 is 66.0 Å². The molecule has 5 rings (SSSR count). The Hall–Kier alpha value is -5.90. The van der Waals surface area contributed by atoms with Crippen molar-refractivity contribution in [3.63, 3.8) is 0 Å². The van der Waals surface area contributed by atoms with Crippen LogP contribution in [0.3, 0.4) is 0 Å². The van der Waals surface area contributed by atoms with Crippen LogP contribution >= 0.6 is 0 Å². The van der Waals surface area contributed by atoms with E-state index in [1.165, 1.54) is 48.5 Å². The molecule has 1 amide bonds. The number of nitrogens with zero attached hydrogens (tertiary/aromatic N) is 4. The second-order valence-corrected chi connectivity index (χ2v) is 15.6. The molecule has 1 aromatic heterocycles. The van der Waals surface area contributed by atoms with E-state index in [9.17, 15) is 61.5 Å². The van der Waals surface area contributed by atoms with Gasteiger partial charge < -0.3 is 9.73 Å². The molecule has 22 heteroatoms. The third-order valence-corrected chi connectivity index (χ3v) is 9.85. The molecule has 304 valence electrons. The van der Waals surface area contributed by atoms with Crippen molar-refractivity contribution in [1.82, 2.24) is 15.5 Å². The van der Waals surface area contributed by atoms with Crippen molar-refractivity contribution in [3.8, 4) is 11.5 Å². The summed E-state index contributed by atoms with van der Waals surface area (Å²) in [5.74, 6) is -7.07. The van der Waals surface area contributed by atoms with E-state index in [0.29, 0.717) is 4.31 Å². The van der Waals surface area contributed by atoms with Gasteiger partial charge in [-0.3, -0.25) is 18.2 Å². The van der Waals surface area contributed by atoms with Crippen molar-refractivity contribution in [2.45, 2.75) is 25.9 Å². The normalized spacial score (nSPS) is 11.6. The number of anilines is 2. The summed E-state index contributed by atoms with van der Waals surface area (Å²) in [4.78, 5) is 22.7. The maximum atomic E-state index is 14.5. The molecule has 0 saturated heterocycles. The zero-order valence-corrected chi connectivity index (χ0v) is 31.0. The van der Waals surface area contributed by atoms with Crippen LogP contribution in [0.5, 0.6) is 0 Å². The Labute approximate surface area is 319 Å². The molecule has 0 aliphatic carbocycles. The fourth-order valence-electron chi connectivity index (χ4n) is 4.82. The molecule has 0 aliphatic heterocycles. The fourth-order valence-corrected chi connectivity index (χ4v) is 6.58. The molecule has 4 aromatic carbocycles. The van der Waals surface area contributed by atoms with Crippen molar-refractivity contribution in [3.05, 3.63) is 131 Å². The molecule has 0 atom stereocenters. The van der Waals surface area contributed by atoms with Gasteiger partial charge in [-0.25, -0.2) is 34.4 Å². The predicted octanol–water partition coefficient (Wildman–Crippen LogP) is 6.41. The van der Waals surface area contributed by atoms with Gasteiger partial charge in [0.2, 0.25) is 25.9 Å². The number of ketones is 1. The van der Waals surface area contributed by atoms with Gasteiger partial charge in [-0.05, 0) is 42.5 Å². The van der Waals surface area contributed by atoms with Gasteiger partial charge in [0.05, 0.1) is 43.5 Å². The van der Waals surface area contributed by atoms with Crippen LogP contribution in [0.25, 0.3) is 11.5 Å². The summed E-state index contributed by atoms with van der Waals surface area (Å²) >= 11 is 0. The third-order valence-electron chi connectivity index (χ3n) is 7.59. The number of benzene rings is 4. The molecule has 0 bridgehead atoms. The minimum Gasteiger partial charge on any atom is -0.415 e. The molecule has 12 nitrogen and oxygen atoms in total. The molecular formula is C35H29F8N5O7S2. The Kier molecular flexibility index (Phi) is 14.1. The first kappa shape index (κ1) is 43.8. The highest BCUT2D eigenvalue weighted by atomic mass is 32.2. The number of nitrogens with one attached hydrogen (secondary N) is 1. The first-order chi connectivity index (χ1) is 26.7. The quantitative estimate of drug-likeness (QED) is 0.0984. The lowest BCUT2D eigenvalue weighted by Crippen LogP contribution is -2.34. The molecule has 0 fully saturated rings. The van der Waals surface area contributed by atoms with Crippen molar-refractivity contribution in [2.24, 2.45) is 0 Å². The van der Waals surface area contributed by atoms with Gasteiger partial charge >= 0.3 is 12.9 Å². The molecule has 0 radical (unpaired) electrons. The van der Waals surface area contributed by atoms with Crippen LogP contribution < -0.4 is 13.9 Å². The number of alkyl halides is 4. The lowest BCUT2D eigenvalue weighted by molar-refractivity contribution is -0.131. The lowest BCUT2D eigenvalue weighted by Gasteiger charge is -2.23. The standard InChI is InChI=1S/C18H16F4N2O4S.C17H13F4N3O3S/c1-29(27,28)24(15-5-3-2-4-13(15)19)10-12-7-6-11(8-14(12)20)16(25)9-23-18(26)17(21)22;1-28(25,26)24(14-5-3-2-4-12(14)18)9-11-7-6-10(8-13(11)19)16-22-23-17(27-16)15(20)21/h2-8,17H,9-10H2,1H3,(H,23,26);2-8,15H,9H2,1H3. The Bertz CT molecular complexity index is 2470.